The molecule has 2 heterocycles. The van der Waals surface area contributed by atoms with Gasteiger partial charge in [0.25, 0.3) is 0 Å². The standard InChI is InChI=1S/C17H29N3/c1-4-17(5-2)8-10-20(11-9-17)14-16-7-6-15(12-18-3)13-19-16/h6-7,13,18H,4-5,8-12,14H2,1-3H3. The zero-order valence-electron chi connectivity index (χ0n) is 13.3. The Morgan fingerprint density at radius 2 is 1.90 bits per heavy atom. The van der Waals surface area contributed by atoms with E-state index >= 15 is 0 Å². The highest BCUT2D eigenvalue weighted by Gasteiger charge is 2.31. The highest BCUT2D eigenvalue weighted by Crippen LogP contribution is 2.38. The molecule has 112 valence electrons. The molecule has 0 amide bonds. The lowest BCUT2D eigenvalue weighted by atomic mass is 9.74. The molecule has 1 N–H and O–H groups in total. The fourth-order valence-electron chi connectivity index (χ4n) is 3.23. The van der Waals surface area contributed by atoms with Crippen LogP contribution in [0.15, 0.2) is 18.3 Å². The smallest absolute Gasteiger partial charge is 0.0544 e. The minimum absolute atomic E-state index is 0.612. The molecule has 1 aliphatic heterocycles. The summed E-state index contributed by atoms with van der Waals surface area (Å²) in [4.78, 5) is 7.15. The number of likely N-dealkylation sites (tertiary alicyclic amines) is 1. The van der Waals surface area contributed by atoms with Crippen molar-refractivity contribution in [3.63, 3.8) is 0 Å². The lowest BCUT2D eigenvalue weighted by Gasteiger charge is -2.40. The molecular formula is C17H29N3. The van der Waals surface area contributed by atoms with Crippen LogP contribution in [0.3, 0.4) is 0 Å². The predicted molar refractivity (Wildman–Crippen MR) is 84.5 cm³/mol. The second kappa shape index (κ2) is 7.19. The van der Waals surface area contributed by atoms with Gasteiger partial charge >= 0.3 is 0 Å². The van der Waals surface area contributed by atoms with Crippen LogP contribution in [-0.2, 0) is 13.1 Å². The monoisotopic (exact) mass is 275 g/mol. The van der Waals surface area contributed by atoms with Crippen LogP contribution in [0.1, 0.15) is 50.8 Å². The third kappa shape index (κ3) is 3.80. The molecule has 0 radical (unpaired) electrons. The maximum atomic E-state index is 4.59. The van der Waals surface area contributed by atoms with Gasteiger partial charge in [-0.2, -0.15) is 0 Å². The van der Waals surface area contributed by atoms with E-state index in [1.165, 1.54) is 50.0 Å². The summed E-state index contributed by atoms with van der Waals surface area (Å²) < 4.78 is 0. The average molecular weight is 275 g/mol. The van der Waals surface area contributed by atoms with Crippen LogP contribution in [0.2, 0.25) is 0 Å². The van der Waals surface area contributed by atoms with Gasteiger partial charge in [-0.15, -0.1) is 0 Å². The Kier molecular flexibility index (Phi) is 5.55. The molecule has 2 rings (SSSR count). The molecule has 3 nitrogen and oxygen atoms in total. The van der Waals surface area contributed by atoms with Crippen molar-refractivity contribution < 1.29 is 0 Å². The van der Waals surface area contributed by atoms with Crippen molar-refractivity contribution in [2.24, 2.45) is 5.41 Å². The number of hydrogen-bond donors (Lipinski definition) is 1. The first-order chi connectivity index (χ1) is 9.71. The maximum absolute atomic E-state index is 4.59. The van der Waals surface area contributed by atoms with Gasteiger partial charge in [0.1, 0.15) is 0 Å². The van der Waals surface area contributed by atoms with Gasteiger partial charge in [-0.1, -0.05) is 32.8 Å². The molecule has 0 bridgehead atoms. The molecular weight excluding hydrogens is 246 g/mol. The summed E-state index contributed by atoms with van der Waals surface area (Å²) in [6, 6.07) is 4.36. The van der Waals surface area contributed by atoms with Gasteiger partial charge in [-0.25, -0.2) is 0 Å². The average Bonchev–Trinajstić information content (AvgIpc) is 2.51. The molecule has 1 fully saturated rings. The number of nitrogens with one attached hydrogen (secondary N) is 1. The Labute approximate surface area is 123 Å². The van der Waals surface area contributed by atoms with E-state index < -0.39 is 0 Å². The Hall–Kier alpha value is -0.930. The van der Waals surface area contributed by atoms with Crippen LogP contribution in [0, 0.1) is 5.41 Å². The first-order valence-electron chi connectivity index (χ1n) is 8.02. The third-order valence-electron chi connectivity index (χ3n) is 5.07. The van der Waals surface area contributed by atoms with Crippen LogP contribution in [-0.4, -0.2) is 30.0 Å². The van der Waals surface area contributed by atoms with Gasteiger partial charge in [0.15, 0.2) is 0 Å². The summed E-state index contributed by atoms with van der Waals surface area (Å²) in [5.41, 5.74) is 3.07. The van der Waals surface area contributed by atoms with Crippen LogP contribution in [0.25, 0.3) is 0 Å². The van der Waals surface area contributed by atoms with E-state index in [2.05, 4.69) is 41.2 Å². The Balaban J connectivity index is 1.86. The number of nitrogens with zero attached hydrogens (tertiary/aromatic N) is 2. The SMILES string of the molecule is CCC1(CC)CCN(Cc2ccc(CNC)cn2)CC1. The first-order valence-corrected chi connectivity index (χ1v) is 8.02. The zero-order chi connectivity index (χ0) is 14.4. The quantitative estimate of drug-likeness (QED) is 0.864. The summed E-state index contributed by atoms with van der Waals surface area (Å²) in [5.74, 6) is 0. The second-order valence-corrected chi connectivity index (χ2v) is 6.17. The topological polar surface area (TPSA) is 28.2 Å². The molecule has 1 aliphatic rings. The van der Waals surface area contributed by atoms with Crippen molar-refractivity contribution >= 4 is 0 Å². The number of piperidine rings is 1. The highest BCUT2D eigenvalue weighted by molar-refractivity contribution is 5.14. The van der Waals surface area contributed by atoms with Gasteiger partial charge in [0.05, 0.1) is 5.69 Å². The molecule has 1 aromatic rings. The Bertz CT molecular complexity index is 385. The lowest BCUT2D eigenvalue weighted by molar-refractivity contribution is 0.0901. The largest absolute Gasteiger partial charge is 0.316 e. The van der Waals surface area contributed by atoms with Crippen LogP contribution in [0.5, 0.6) is 0 Å². The number of rotatable bonds is 6. The lowest BCUT2D eigenvalue weighted by Crippen LogP contribution is -2.39. The second-order valence-electron chi connectivity index (χ2n) is 6.17. The number of hydrogen-bond acceptors (Lipinski definition) is 3. The maximum Gasteiger partial charge on any atom is 0.0544 e. The van der Waals surface area contributed by atoms with Gasteiger partial charge in [-0.05, 0) is 50.0 Å². The third-order valence-corrected chi connectivity index (χ3v) is 5.07. The van der Waals surface area contributed by atoms with Crippen molar-refractivity contribution in [1.29, 1.82) is 0 Å². The predicted octanol–water partition coefficient (Wildman–Crippen LogP) is 3.20. The molecule has 0 unspecified atom stereocenters. The Morgan fingerprint density at radius 3 is 2.40 bits per heavy atom. The van der Waals surface area contributed by atoms with E-state index in [1.54, 1.807) is 0 Å². The van der Waals surface area contributed by atoms with E-state index in [4.69, 9.17) is 0 Å². The first kappa shape index (κ1) is 15.5. The van der Waals surface area contributed by atoms with E-state index in [1.807, 2.05) is 13.2 Å². The summed E-state index contributed by atoms with van der Waals surface area (Å²) in [6.07, 6.45) is 7.34. The van der Waals surface area contributed by atoms with Crippen molar-refractivity contribution in [1.82, 2.24) is 15.2 Å². The number of pyridine rings is 1. The van der Waals surface area contributed by atoms with Gasteiger partial charge in [-0.3, -0.25) is 9.88 Å². The van der Waals surface area contributed by atoms with E-state index in [-0.39, 0.29) is 0 Å². The van der Waals surface area contributed by atoms with E-state index in [0.29, 0.717) is 5.41 Å². The molecule has 3 heteroatoms. The van der Waals surface area contributed by atoms with Gasteiger partial charge < -0.3 is 5.32 Å². The molecule has 1 saturated heterocycles. The van der Waals surface area contributed by atoms with Crippen molar-refractivity contribution in [2.45, 2.75) is 52.6 Å². The van der Waals surface area contributed by atoms with Crippen LogP contribution >= 0.6 is 0 Å². The highest BCUT2D eigenvalue weighted by atomic mass is 15.1. The number of aromatic nitrogens is 1. The van der Waals surface area contributed by atoms with Crippen molar-refractivity contribution in [3.8, 4) is 0 Å². The zero-order valence-corrected chi connectivity index (χ0v) is 13.3. The Morgan fingerprint density at radius 1 is 1.20 bits per heavy atom. The molecule has 0 aliphatic carbocycles. The van der Waals surface area contributed by atoms with Crippen LogP contribution < -0.4 is 5.32 Å². The fourth-order valence-corrected chi connectivity index (χ4v) is 3.23. The molecule has 0 atom stereocenters. The van der Waals surface area contributed by atoms with Gasteiger partial charge in [0, 0.05) is 19.3 Å². The van der Waals surface area contributed by atoms with Crippen molar-refractivity contribution in [2.75, 3.05) is 20.1 Å². The minimum atomic E-state index is 0.612. The summed E-state index contributed by atoms with van der Waals surface area (Å²) >= 11 is 0. The molecule has 1 aromatic heterocycles. The van der Waals surface area contributed by atoms with Gasteiger partial charge in [0.2, 0.25) is 0 Å². The normalized spacial score (nSPS) is 19.1. The fraction of sp³-hybridized carbons (Fsp3) is 0.706. The van der Waals surface area contributed by atoms with E-state index in [9.17, 15) is 0 Å². The molecule has 0 saturated carbocycles. The molecule has 0 aromatic carbocycles. The molecule has 0 spiro atoms. The van der Waals surface area contributed by atoms with E-state index in [0.717, 1.165) is 13.1 Å². The summed E-state index contributed by atoms with van der Waals surface area (Å²) in [5, 5.41) is 3.16. The van der Waals surface area contributed by atoms with Crippen molar-refractivity contribution in [3.05, 3.63) is 29.6 Å². The molecule has 20 heavy (non-hydrogen) atoms. The summed E-state index contributed by atoms with van der Waals surface area (Å²) in [7, 11) is 1.97. The van der Waals surface area contributed by atoms with Crippen LogP contribution in [0.4, 0.5) is 0 Å². The summed E-state index contributed by atoms with van der Waals surface area (Å²) in [6.45, 7) is 9.04. The minimum Gasteiger partial charge on any atom is -0.316 e.